The third kappa shape index (κ3) is 8.41. The van der Waals surface area contributed by atoms with E-state index in [9.17, 15) is 18.8 Å². The van der Waals surface area contributed by atoms with Crippen molar-refractivity contribution in [2.75, 3.05) is 13.9 Å². The minimum atomic E-state index is -0.871. The molecule has 0 amide bonds. The molecule has 1 heterocycles. The van der Waals surface area contributed by atoms with Crippen LogP contribution in [0, 0.1) is 11.7 Å². The summed E-state index contributed by atoms with van der Waals surface area (Å²) in [7, 11) is 1.38. The van der Waals surface area contributed by atoms with Gasteiger partial charge in [-0.2, -0.15) is 0 Å². The number of aromatic nitrogens is 1. The standard InChI is InChI=1S/C29H29ClFNO8/c1-17(12-24(34)26-28(38-16-37-19(3)33)25(36-4)10-11-32-26)29(35)39-18(2)27(20-8-6-5-7-9-20)40-23-14-21(30)13-22(31)15-23/h5-11,13-15,17-18,27H,12,16H2,1-4H3/t17-,18+,27+/m1/s1. The first-order chi connectivity index (χ1) is 19.1. The van der Waals surface area contributed by atoms with E-state index >= 15 is 0 Å². The maximum Gasteiger partial charge on any atom is 0.309 e. The maximum absolute atomic E-state index is 13.9. The van der Waals surface area contributed by atoms with Gasteiger partial charge in [-0.25, -0.2) is 9.37 Å². The zero-order valence-corrected chi connectivity index (χ0v) is 23.1. The number of ketones is 1. The quantitative estimate of drug-likeness (QED) is 0.143. The molecule has 0 N–H and O–H groups in total. The molecule has 0 saturated carbocycles. The van der Waals surface area contributed by atoms with Gasteiger partial charge < -0.3 is 23.7 Å². The molecule has 212 valence electrons. The van der Waals surface area contributed by atoms with E-state index < -0.39 is 48.5 Å². The number of carbonyl (C=O) groups is 3. The van der Waals surface area contributed by atoms with Gasteiger partial charge in [-0.05, 0) is 24.6 Å². The molecule has 3 aromatic rings. The van der Waals surface area contributed by atoms with E-state index in [0.717, 1.165) is 6.07 Å². The molecule has 3 rings (SSSR count). The van der Waals surface area contributed by atoms with Crippen molar-refractivity contribution in [2.45, 2.75) is 39.4 Å². The van der Waals surface area contributed by atoms with Gasteiger partial charge in [-0.1, -0.05) is 48.9 Å². The first-order valence-corrected chi connectivity index (χ1v) is 12.7. The van der Waals surface area contributed by atoms with Gasteiger partial charge >= 0.3 is 11.9 Å². The Kier molecular flexibility index (Phi) is 10.8. The Hall–Kier alpha value is -4.18. The summed E-state index contributed by atoms with van der Waals surface area (Å²) in [6.07, 6.45) is -0.526. The fourth-order valence-corrected chi connectivity index (χ4v) is 3.95. The number of methoxy groups -OCH3 is 1. The van der Waals surface area contributed by atoms with Gasteiger partial charge in [0.25, 0.3) is 0 Å². The number of hydrogen-bond donors (Lipinski definition) is 0. The molecule has 0 bridgehead atoms. The molecule has 9 nitrogen and oxygen atoms in total. The molecule has 2 aromatic carbocycles. The second-order valence-corrected chi connectivity index (χ2v) is 9.25. The highest BCUT2D eigenvalue weighted by atomic mass is 35.5. The van der Waals surface area contributed by atoms with Crippen LogP contribution in [-0.2, 0) is 19.1 Å². The number of ether oxygens (including phenoxy) is 5. The molecule has 0 spiro atoms. The number of halogens is 2. The number of rotatable bonds is 13. The summed E-state index contributed by atoms with van der Waals surface area (Å²) in [6.45, 7) is 3.93. The van der Waals surface area contributed by atoms with Gasteiger partial charge in [0.15, 0.2) is 29.1 Å². The highest BCUT2D eigenvalue weighted by Crippen LogP contribution is 2.32. The lowest BCUT2D eigenvalue weighted by Crippen LogP contribution is -2.30. The molecule has 0 aliphatic rings. The predicted molar refractivity (Wildman–Crippen MR) is 143 cm³/mol. The second kappa shape index (κ2) is 14.3. The fraction of sp³-hybridized carbons (Fsp3) is 0.310. The van der Waals surface area contributed by atoms with Crippen molar-refractivity contribution in [3.8, 4) is 17.2 Å². The molecule has 0 saturated heterocycles. The number of carbonyl (C=O) groups excluding carboxylic acids is 3. The van der Waals surface area contributed by atoms with Gasteiger partial charge in [0.05, 0.1) is 13.0 Å². The van der Waals surface area contributed by atoms with Crippen LogP contribution in [0.3, 0.4) is 0 Å². The van der Waals surface area contributed by atoms with E-state index in [4.69, 9.17) is 35.3 Å². The number of hydrogen-bond acceptors (Lipinski definition) is 9. The number of pyridine rings is 1. The van der Waals surface area contributed by atoms with E-state index in [1.165, 1.54) is 45.4 Å². The van der Waals surface area contributed by atoms with Crippen LogP contribution in [0.15, 0.2) is 60.8 Å². The molecule has 0 unspecified atom stereocenters. The number of nitrogens with zero attached hydrogens (tertiary/aromatic N) is 1. The Bertz CT molecular complexity index is 1320. The molecule has 3 atom stereocenters. The minimum Gasteiger partial charge on any atom is -0.493 e. The Labute approximate surface area is 236 Å². The number of esters is 2. The second-order valence-electron chi connectivity index (χ2n) is 8.81. The van der Waals surface area contributed by atoms with Gasteiger partial charge in [0.2, 0.25) is 6.79 Å². The third-order valence-electron chi connectivity index (χ3n) is 5.67. The van der Waals surface area contributed by atoms with Gasteiger partial charge in [-0.15, -0.1) is 0 Å². The molecule has 0 fully saturated rings. The molecular formula is C29H29ClFNO8. The van der Waals surface area contributed by atoms with E-state index in [1.54, 1.807) is 31.2 Å². The van der Waals surface area contributed by atoms with Crippen molar-refractivity contribution >= 4 is 29.3 Å². The lowest BCUT2D eigenvalue weighted by atomic mass is 10.0. The average molecular weight is 574 g/mol. The van der Waals surface area contributed by atoms with Crippen molar-refractivity contribution in [1.29, 1.82) is 0 Å². The summed E-state index contributed by atoms with van der Waals surface area (Å²) in [6, 6.07) is 14.3. The van der Waals surface area contributed by atoms with E-state index in [0.29, 0.717) is 5.56 Å². The number of Topliss-reactive ketones (excluding diaryl/α,β-unsaturated/α-hetero) is 1. The van der Waals surface area contributed by atoms with Crippen LogP contribution in [0.1, 0.15) is 49.3 Å². The highest BCUT2D eigenvalue weighted by molar-refractivity contribution is 6.30. The van der Waals surface area contributed by atoms with Crippen LogP contribution in [-0.4, -0.2) is 42.7 Å². The normalized spacial score (nSPS) is 12.9. The zero-order chi connectivity index (χ0) is 29.2. The Morgan fingerprint density at radius 1 is 1.05 bits per heavy atom. The molecule has 0 aliphatic carbocycles. The van der Waals surface area contributed by atoms with Crippen LogP contribution >= 0.6 is 11.6 Å². The highest BCUT2D eigenvalue weighted by Gasteiger charge is 2.29. The van der Waals surface area contributed by atoms with Crippen molar-refractivity contribution in [3.63, 3.8) is 0 Å². The van der Waals surface area contributed by atoms with Gasteiger partial charge in [-0.3, -0.25) is 14.4 Å². The maximum atomic E-state index is 13.9. The molecule has 1 aromatic heterocycles. The van der Waals surface area contributed by atoms with E-state index in [-0.39, 0.29) is 34.4 Å². The van der Waals surface area contributed by atoms with Crippen LogP contribution in [0.4, 0.5) is 4.39 Å². The summed E-state index contributed by atoms with van der Waals surface area (Å²) in [5.74, 6) is -2.84. The monoisotopic (exact) mass is 573 g/mol. The van der Waals surface area contributed by atoms with Gasteiger partial charge in [0.1, 0.15) is 17.7 Å². The van der Waals surface area contributed by atoms with Crippen molar-refractivity contribution in [3.05, 3.63) is 82.9 Å². The summed E-state index contributed by atoms with van der Waals surface area (Å²) in [4.78, 5) is 41.3. The lowest BCUT2D eigenvalue weighted by molar-refractivity contribution is -0.157. The minimum absolute atomic E-state index is 0.0171. The molecule has 0 radical (unpaired) electrons. The van der Waals surface area contributed by atoms with Gasteiger partial charge in [0, 0.05) is 36.7 Å². The molecule has 11 heteroatoms. The summed E-state index contributed by atoms with van der Waals surface area (Å²) >= 11 is 5.97. The summed E-state index contributed by atoms with van der Waals surface area (Å²) in [5, 5.41) is 0.154. The fourth-order valence-electron chi connectivity index (χ4n) is 3.74. The van der Waals surface area contributed by atoms with Crippen LogP contribution in [0.5, 0.6) is 17.2 Å². The van der Waals surface area contributed by atoms with Crippen molar-refractivity contribution < 1.29 is 42.5 Å². The number of benzene rings is 2. The van der Waals surface area contributed by atoms with Crippen molar-refractivity contribution in [2.24, 2.45) is 5.92 Å². The lowest BCUT2D eigenvalue weighted by Gasteiger charge is -2.26. The summed E-state index contributed by atoms with van der Waals surface area (Å²) < 4.78 is 41.1. The Morgan fingerprint density at radius 3 is 2.42 bits per heavy atom. The first-order valence-electron chi connectivity index (χ1n) is 12.3. The molecule has 0 aliphatic heterocycles. The molecular weight excluding hydrogens is 545 g/mol. The Morgan fingerprint density at radius 2 is 1.77 bits per heavy atom. The van der Waals surface area contributed by atoms with Crippen molar-refractivity contribution in [1.82, 2.24) is 4.98 Å². The van der Waals surface area contributed by atoms with Crippen LogP contribution < -0.4 is 14.2 Å². The average Bonchev–Trinajstić information content (AvgIpc) is 2.91. The predicted octanol–water partition coefficient (Wildman–Crippen LogP) is 5.74. The third-order valence-corrected chi connectivity index (χ3v) is 5.89. The van der Waals surface area contributed by atoms with Crippen LogP contribution in [0.2, 0.25) is 5.02 Å². The molecule has 40 heavy (non-hydrogen) atoms. The van der Waals surface area contributed by atoms with E-state index in [2.05, 4.69) is 4.98 Å². The summed E-state index contributed by atoms with van der Waals surface area (Å²) in [5.41, 5.74) is 0.592. The van der Waals surface area contributed by atoms with E-state index in [1.807, 2.05) is 6.07 Å². The zero-order valence-electron chi connectivity index (χ0n) is 22.4. The first kappa shape index (κ1) is 30.4. The smallest absolute Gasteiger partial charge is 0.309 e. The van der Waals surface area contributed by atoms with Crippen LogP contribution in [0.25, 0.3) is 0 Å². The largest absolute Gasteiger partial charge is 0.493 e. The topological polar surface area (TPSA) is 110 Å². The Balaban J connectivity index is 1.73. The SMILES string of the molecule is COc1ccnc(C(=O)C[C@@H](C)C(=O)O[C@@H](C)[C@H](Oc2cc(F)cc(Cl)c2)c2ccccc2)c1OCOC(C)=O.